The van der Waals surface area contributed by atoms with Gasteiger partial charge in [-0.25, -0.2) is 4.79 Å². The van der Waals surface area contributed by atoms with Crippen LogP contribution in [-0.4, -0.2) is 29.8 Å². The van der Waals surface area contributed by atoms with E-state index < -0.39 is 5.60 Å². The molecule has 3 atom stereocenters. The molecule has 4 nitrogen and oxygen atoms in total. The summed E-state index contributed by atoms with van der Waals surface area (Å²) < 4.78 is 5.27. The van der Waals surface area contributed by atoms with Crippen LogP contribution in [0.3, 0.4) is 0 Å². The fourth-order valence-corrected chi connectivity index (χ4v) is 3.25. The first-order chi connectivity index (χ1) is 9.24. The van der Waals surface area contributed by atoms with Gasteiger partial charge in [-0.3, -0.25) is 0 Å². The first-order valence-electron chi connectivity index (χ1n) is 8.00. The molecular formula is C16H30N2O2. The van der Waals surface area contributed by atoms with Crippen molar-refractivity contribution in [2.45, 2.75) is 84.0 Å². The van der Waals surface area contributed by atoms with Crippen molar-refractivity contribution < 1.29 is 9.53 Å². The maximum Gasteiger partial charge on any atom is 0.407 e. The van der Waals surface area contributed by atoms with Crippen molar-refractivity contribution in [3.63, 3.8) is 0 Å². The van der Waals surface area contributed by atoms with Gasteiger partial charge in [-0.15, -0.1) is 0 Å². The molecule has 0 aromatic rings. The zero-order valence-electron chi connectivity index (χ0n) is 13.5. The first-order valence-corrected chi connectivity index (χ1v) is 8.00. The summed E-state index contributed by atoms with van der Waals surface area (Å²) in [5.74, 6) is 1.61. The zero-order chi connectivity index (χ0) is 14.9. The SMILES string of the molecule is CC1CCC(NC2CC(NC(=O)OC(C)(C)C)C2)C1C. The average Bonchev–Trinajstić information content (AvgIpc) is 2.55. The van der Waals surface area contributed by atoms with E-state index in [0.29, 0.717) is 12.1 Å². The number of rotatable bonds is 3. The number of hydrogen-bond donors (Lipinski definition) is 2. The fourth-order valence-electron chi connectivity index (χ4n) is 3.25. The smallest absolute Gasteiger partial charge is 0.407 e. The van der Waals surface area contributed by atoms with E-state index in [1.165, 1.54) is 12.8 Å². The Morgan fingerprint density at radius 1 is 1.10 bits per heavy atom. The summed E-state index contributed by atoms with van der Waals surface area (Å²) in [5.41, 5.74) is -0.416. The molecular weight excluding hydrogens is 252 g/mol. The predicted molar refractivity (Wildman–Crippen MR) is 80.7 cm³/mol. The van der Waals surface area contributed by atoms with Crippen LogP contribution in [-0.2, 0) is 4.74 Å². The predicted octanol–water partition coefficient (Wildman–Crippen LogP) is 3.07. The van der Waals surface area contributed by atoms with Crippen molar-refractivity contribution in [2.24, 2.45) is 11.8 Å². The van der Waals surface area contributed by atoms with E-state index in [2.05, 4.69) is 24.5 Å². The lowest BCUT2D eigenvalue weighted by atomic mass is 9.85. The van der Waals surface area contributed by atoms with Gasteiger partial charge in [0.05, 0.1) is 0 Å². The maximum absolute atomic E-state index is 11.7. The lowest BCUT2D eigenvalue weighted by Crippen LogP contribution is -2.55. The number of alkyl carbamates (subject to hydrolysis) is 1. The Kier molecular flexibility index (Phi) is 4.62. The molecule has 0 heterocycles. The molecule has 4 heteroatoms. The van der Waals surface area contributed by atoms with E-state index in [4.69, 9.17) is 4.74 Å². The molecule has 2 fully saturated rings. The molecule has 20 heavy (non-hydrogen) atoms. The largest absolute Gasteiger partial charge is 0.444 e. The van der Waals surface area contributed by atoms with E-state index in [-0.39, 0.29) is 12.1 Å². The van der Waals surface area contributed by atoms with Crippen LogP contribution in [0.25, 0.3) is 0 Å². The molecule has 0 saturated heterocycles. The fraction of sp³-hybridized carbons (Fsp3) is 0.938. The standard InChI is InChI=1S/C16H30N2O2/c1-10-6-7-14(11(10)2)17-12-8-13(9-12)18-15(19)20-16(3,4)5/h10-14,17H,6-9H2,1-5H3,(H,18,19). The molecule has 2 aliphatic carbocycles. The lowest BCUT2D eigenvalue weighted by molar-refractivity contribution is 0.0461. The quantitative estimate of drug-likeness (QED) is 0.836. The Morgan fingerprint density at radius 3 is 2.25 bits per heavy atom. The highest BCUT2D eigenvalue weighted by Gasteiger charge is 2.36. The second kappa shape index (κ2) is 5.92. The van der Waals surface area contributed by atoms with Gasteiger partial charge in [0, 0.05) is 18.1 Å². The zero-order valence-corrected chi connectivity index (χ0v) is 13.5. The van der Waals surface area contributed by atoms with Crippen LogP contribution in [0.5, 0.6) is 0 Å². The minimum Gasteiger partial charge on any atom is -0.444 e. The molecule has 2 N–H and O–H groups in total. The molecule has 0 aromatic heterocycles. The van der Waals surface area contributed by atoms with Crippen LogP contribution >= 0.6 is 0 Å². The summed E-state index contributed by atoms with van der Waals surface area (Å²) in [6.45, 7) is 10.4. The highest BCUT2D eigenvalue weighted by atomic mass is 16.6. The topological polar surface area (TPSA) is 50.4 Å². The maximum atomic E-state index is 11.7. The summed E-state index contributed by atoms with van der Waals surface area (Å²) in [4.78, 5) is 11.7. The summed E-state index contributed by atoms with van der Waals surface area (Å²) in [6, 6.07) is 1.50. The van der Waals surface area contributed by atoms with Crippen LogP contribution in [0.1, 0.15) is 60.3 Å². The van der Waals surface area contributed by atoms with Gasteiger partial charge in [0.15, 0.2) is 0 Å². The van der Waals surface area contributed by atoms with Crippen molar-refractivity contribution in [3.8, 4) is 0 Å². The van der Waals surface area contributed by atoms with Crippen molar-refractivity contribution >= 4 is 6.09 Å². The van der Waals surface area contributed by atoms with Gasteiger partial charge in [0.25, 0.3) is 0 Å². The molecule has 0 aliphatic heterocycles. The summed E-state index contributed by atoms with van der Waals surface area (Å²) in [7, 11) is 0. The third-order valence-corrected chi connectivity index (χ3v) is 4.77. The van der Waals surface area contributed by atoms with E-state index in [1.54, 1.807) is 0 Å². The van der Waals surface area contributed by atoms with Crippen LogP contribution < -0.4 is 10.6 Å². The van der Waals surface area contributed by atoms with Gasteiger partial charge in [-0.2, -0.15) is 0 Å². The van der Waals surface area contributed by atoms with Gasteiger partial charge in [-0.1, -0.05) is 13.8 Å². The van der Waals surface area contributed by atoms with Crippen molar-refractivity contribution in [1.29, 1.82) is 0 Å². The highest BCUT2D eigenvalue weighted by molar-refractivity contribution is 5.68. The van der Waals surface area contributed by atoms with Gasteiger partial charge in [0.2, 0.25) is 0 Å². The van der Waals surface area contributed by atoms with Crippen LogP contribution in [0.4, 0.5) is 4.79 Å². The van der Waals surface area contributed by atoms with E-state index in [9.17, 15) is 4.79 Å². The molecule has 0 radical (unpaired) electrons. The summed E-state index contributed by atoms with van der Waals surface area (Å²) in [5, 5.41) is 6.70. The molecule has 0 bridgehead atoms. The van der Waals surface area contributed by atoms with E-state index in [0.717, 1.165) is 24.7 Å². The number of carbonyl (C=O) groups is 1. The molecule has 2 saturated carbocycles. The molecule has 116 valence electrons. The molecule has 0 aromatic carbocycles. The Hall–Kier alpha value is -0.770. The van der Waals surface area contributed by atoms with Crippen LogP contribution in [0, 0.1) is 11.8 Å². The highest BCUT2D eigenvalue weighted by Crippen LogP contribution is 2.33. The van der Waals surface area contributed by atoms with E-state index in [1.807, 2.05) is 20.8 Å². The summed E-state index contributed by atoms with van der Waals surface area (Å²) in [6.07, 6.45) is 4.39. The number of nitrogens with one attached hydrogen (secondary N) is 2. The van der Waals surface area contributed by atoms with Gasteiger partial charge >= 0.3 is 6.09 Å². The Morgan fingerprint density at radius 2 is 1.75 bits per heavy atom. The average molecular weight is 282 g/mol. The minimum atomic E-state index is -0.416. The Balaban J connectivity index is 1.64. The van der Waals surface area contributed by atoms with Crippen molar-refractivity contribution in [3.05, 3.63) is 0 Å². The molecule has 0 spiro atoms. The third-order valence-electron chi connectivity index (χ3n) is 4.77. The third kappa shape index (κ3) is 4.11. The Labute approximate surface area is 123 Å². The van der Waals surface area contributed by atoms with E-state index >= 15 is 0 Å². The molecule has 1 amide bonds. The number of amides is 1. The monoisotopic (exact) mass is 282 g/mol. The Bertz CT molecular complexity index is 345. The van der Waals surface area contributed by atoms with Gasteiger partial charge in [0.1, 0.15) is 5.60 Å². The van der Waals surface area contributed by atoms with Crippen LogP contribution in [0.2, 0.25) is 0 Å². The molecule has 2 aliphatic rings. The summed E-state index contributed by atoms with van der Waals surface area (Å²) >= 11 is 0. The number of ether oxygens (including phenoxy) is 1. The minimum absolute atomic E-state index is 0.275. The second-order valence-electron chi connectivity index (χ2n) is 7.70. The normalized spacial score (nSPS) is 37.4. The number of hydrogen-bond acceptors (Lipinski definition) is 3. The first kappa shape index (κ1) is 15.6. The molecule has 3 unspecified atom stereocenters. The van der Waals surface area contributed by atoms with Gasteiger partial charge in [-0.05, 0) is 58.3 Å². The van der Waals surface area contributed by atoms with Crippen LogP contribution in [0.15, 0.2) is 0 Å². The number of carbonyl (C=O) groups excluding carboxylic acids is 1. The lowest BCUT2D eigenvalue weighted by Gasteiger charge is -2.39. The van der Waals surface area contributed by atoms with Gasteiger partial charge < -0.3 is 15.4 Å². The van der Waals surface area contributed by atoms with Crippen molar-refractivity contribution in [2.75, 3.05) is 0 Å². The van der Waals surface area contributed by atoms with Crippen molar-refractivity contribution in [1.82, 2.24) is 10.6 Å². The second-order valence-corrected chi connectivity index (χ2v) is 7.70. The molecule has 2 rings (SSSR count).